The van der Waals surface area contributed by atoms with Crippen molar-refractivity contribution in [3.63, 3.8) is 0 Å². The van der Waals surface area contributed by atoms with E-state index in [0.29, 0.717) is 22.5 Å². The average Bonchev–Trinajstić information content (AvgIpc) is 3.00. The van der Waals surface area contributed by atoms with E-state index in [0.717, 1.165) is 11.1 Å². The zero-order chi connectivity index (χ0) is 35.7. The number of aryl methyl sites for hydroxylation is 2. The molecule has 4 aromatic carbocycles. The molecule has 0 aliphatic heterocycles. The second-order valence-corrected chi connectivity index (χ2v) is 12.4. The molecule has 0 spiro atoms. The predicted octanol–water partition coefficient (Wildman–Crippen LogP) is 8.18. The lowest BCUT2D eigenvalue weighted by Gasteiger charge is -2.17. The molecule has 6 N–H and O–H groups in total. The standard InChI is InChI=1S/2C18H19FN2O2S/c2*1-10(2)13-9-16(22)11(3)8-15(13)20-18(24)21-17(23)12-6-4-5-7-14(12)19/h2*4-10,22H,1-3H3,(H2,20,21,23,24). The second-order valence-electron chi connectivity index (χ2n) is 11.5. The highest BCUT2D eigenvalue weighted by atomic mass is 32.1. The molecule has 0 saturated heterocycles. The first-order valence-electron chi connectivity index (χ1n) is 15.0. The van der Waals surface area contributed by atoms with Gasteiger partial charge in [0.2, 0.25) is 0 Å². The highest BCUT2D eigenvalue weighted by Gasteiger charge is 2.17. The maximum Gasteiger partial charge on any atom is 0.260 e. The Morgan fingerprint density at radius 1 is 0.625 bits per heavy atom. The number of carbonyl (C=O) groups excluding carboxylic acids is 2. The van der Waals surface area contributed by atoms with Gasteiger partial charge in [-0.1, -0.05) is 52.0 Å². The highest BCUT2D eigenvalue weighted by molar-refractivity contribution is 7.80. The SMILES string of the molecule is Cc1cc(NC(=S)NC(=O)c2ccccc2F)c(C(C)C)cc1O.Cc1cc(NC(=S)NC(=O)c2ccccc2F)c(C(C)C)cc1O. The number of amides is 2. The van der Waals surface area contributed by atoms with Gasteiger partial charge in [0.25, 0.3) is 11.8 Å². The minimum Gasteiger partial charge on any atom is -0.508 e. The lowest BCUT2D eigenvalue weighted by atomic mass is 9.98. The molecule has 4 rings (SSSR count). The Balaban J connectivity index is 0.000000260. The monoisotopic (exact) mass is 692 g/mol. The molecule has 0 aliphatic rings. The van der Waals surface area contributed by atoms with E-state index in [1.54, 1.807) is 50.2 Å². The summed E-state index contributed by atoms with van der Waals surface area (Å²) in [5, 5.41) is 30.7. The van der Waals surface area contributed by atoms with E-state index >= 15 is 0 Å². The first-order chi connectivity index (χ1) is 22.6. The van der Waals surface area contributed by atoms with Crippen LogP contribution in [0.25, 0.3) is 0 Å². The molecule has 252 valence electrons. The Hall–Kier alpha value is -4.94. The van der Waals surface area contributed by atoms with Gasteiger partial charge in [-0.3, -0.25) is 20.2 Å². The van der Waals surface area contributed by atoms with E-state index in [9.17, 15) is 28.6 Å². The van der Waals surface area contributed by atoms with E-state index in [1.807, 2.05) is 27.7 Å². The van der Waals surface area contributed by atoms with Gasteiger partial charge in [-0.15, -0.1) is 0 Å². The number of benzene rings is 4. The highest BCUT2D eigenvalue weighted by Crippen LogP contribution is 2.32. The van der Waals surface area contributed by atoms with E-state index in [-0.39, 0.29) is 44.7 Å². The Labute approximate surface area is 289 Å². The van der Waals surface area contributed by atoms with Gasteiger partial charge >= 0.3 is 0 Å². The average molecular weight is 693 g/mol. The van der Waals surface area contributed by atoms with E-state index in [2.05, 4.69) is 21.3 Å². The number of hydrogen-bond acceptors (Lipinski definition) is 6. The smallest absolute Gasteiger partial charge is 0.260 e. The summed E-state index contributed by atoms with van der Waals surface area (Å²) in [6, 6.07) is 18.2. The van der Waals surface area contributed by atoms with Crippen molar-refractivity contribution in [3.8, 4) is 11.5 Å². The summed E-state index contributed by atoms with van der Waals surface area (Å²) in [4.78, 5) is 24.2. The number of thiocarbonyl (C=S) groups is 2. The van der Waals surface area contributed by atoms with Crippen molar-refractivity contribution >= 4 is 57.8 Å². The summed E-state index contributed by atoms with van der Waals surface area (Å²) in [5.41, 5.74) is 4.33. The van der Waals surface area contributed by atoms with E-state index in [1.165, 1.54) is 36.4 Å². The third-order valence-electron chi connectivity index (χ3n) is 7.17. The largest absolute Gasteiger partial charge is 0.508 e. The van der Waals surface area contributed by atoms with Crippen molar-refractivity contribution in [2.45, 2.75) is 53.4 Å². The normalized spacial score (nSPS) is 10.5. The van der Waals surface area contributed by atoms with Gasteiger partial charge < -0.3 is 20.8 Å². The van der Waals surface area contributed by atoms with E-state index < -0.39 is 23.4 Å². The van der Waals surface area contributed by atoms with Gasteiger partial charge in [-0.05, 0) is 121 Å². The Bertz CT molecular complexity index is 1710. The number of hydrogen-bond donors (Lipinski definition) is 6. The third kappa shape index (κ3) is 10.0. The lowest BCUT2D eigenvalue weighted by molar-refractivity contribution is 0.0965. The molecule has 0 heterocycles. The fourth-order valence-corrected chi connectivity index (χ4v) is 4.94. The van der Waals surface area contributed by atoms with Crippen molar-refractivity contribution in [1.29, 1.82) is 0 Å². The van der Waals surface area contributed by atoms with Crippen LogP contribution in [0.1, 0.15) is 82.5 Å². The van der Waals surface area contributed by atoms with Crippen LogP contribution < -0.4 is 21.3 Å². The fraction of sp³-hybridized carbons (Fsp3) is 0.222. The van der Waals surface area contributed by atoms with Crippen LogP contribution in [0.3, 0.4) is 0 Å². The van der Waals surface area contributed by atoms with Gasteiger partial charge in [0.15, 0.2) is 10.2 Å². The van der Waals surface area contributed by atoms with Crippen LogP contribution in [0.5, 0.6) is 11.5 Å². The van der Waals surface area contributed by atoms with Crippen LogP contribution in [0.15, 0.2) is 72.8 Å². The molecule has 0 bridgehead atoms. The molecule has 0 aliphatic carbocycles. The molecular weight excluding hydrogens is 655 g/mol. The van der Waals surface area contributed by atoms with Crippen LogP contribution in [0.4, 0.5) is 20.2 Å². The second kappa shape index (κ2) is 16.8. The molecule has 8 nitrogen and oxygen atoms in total. The van der Waals surface area contributed by atoms with Crippen LogP contribution in [0.2, 0.25) is 0 Å². The van der Waals surface area contributed by atoms with Crippen LogP contribution in [-0.4, -0.2) is 32.3 Å². The number of phenolic OH excluding ortho intramolecular Hbond substituents is 2. The van der Waals surface area contributed by atoms with Crippen molar-refractivity contribution < 1.29 is 28.6 Å². The summed E-state index contributed by atoms with van der Waals surface area (Å²) in [5.74, 6) is -1.77. The van der Waals surface area contributed by atoms with Crippen LogP contribution in [0, 0.1) is 25.5 Å². The van der Waals surface area contributed by atoms with Crippen molar-refractivity contribution in [3.05, 3.63) is 118 Å². The van der Waals surface area contributed by atoms with E-state index in [4.69, 9.17) is 24.4 Å². The fourth-order valence-electron chi connectivity index (χ4n) is 4.54. The molecule has 0 unspecified atom stereocenters. The number of phenols is 2. The zero-order valence-corrected chi connectivity index (χ0v) is 29.0. The number of halogens is 2. The Morgan fingerprint density at radius 2 is 0.958 bits per heavy atom. The molecule has 0 saturated carbocycles. The van der Waals surface area contributed by atoms with Crippen molar-refractivity contribution in [1.82, 2.24) is 10.6 Å². The lowest BCUT2D eigenvalue weighted by Crippen LogP contribution is -2.34. The number of carbonyl (C=O) groups is 2. The Morgan fingerprint density at radius 3 is 1.27 bits per heavy atom. The molecule has 0 radical (unpaired) electrons. The van der Waals surface area contributed by atoms with Crippen LogP contribution >= 0.6 is 24.4 Å². The molecule has 48 heavy (non-hydrogen) atoms. The zero-order valence-electron chi connectivity index (χ0n) is 27.4. The topological polar surface area (TPSA) is 123 Å². The quantitative estimate of drug-likeness (QED) is 0.0884. The van der Waals surface area contributed by atoms with Gasteiger partial charge in [-0.2, -0.15) is 0 Å². The maximum absolute atomic E-state index is 13.6. The van der Waals surface area contributed by atoms with Crippen LogP contribution in [-0.2, 0) is 0 Å². The molecule has 12 heteroatoms. The van der Waals surface area contributed by atoms with Gasteiger partial charge in [-0.25, -0.2) is 8.78 Å². The number of anilines is 2. The predicted molar refractivity (Wildman–Crippen MR) is 194 cm³/mol. The molecule has 0 atom stereocenters. The van der Waals surface area contributed by atoms with Gasteiger partial charge in [0, 0.05) is 11.4 Å². The number of nitrogens with one attached hydrogen (secondary N) is 4. The summed E-state index contributed by atoms with van der Waals surface area (Å²) in [6.07, 6.45) is 0. The molecule has 4 aromatic rings. The van der Waals surface area contributed by atoms with Crippen molar-refractivity contribution in [2.24, 2.45) is 0 Å². The number of aromatic hydroxyl groups is 2. The summed E-state index contributed by atoms with van der Waals surface area (Å²) in [7, 11) is 0. The molecule has 2 amide bonds. The molecular formula is C36H38F2N4O4S2. The first-order valence-corrected chi connectivity index (χ1v) is 15.8. The minimum atomic E-state index is -0.618. The van der Waals surface area contributed by atoms with Gasteiger partial charge in [0.05, 0.1) is 11.1 Å². The third-order valence-corrected chi connectivity index (χ3v) is 7.58. The Kier molecular flexibility index (Phi) is 13.1. The molecule has 0 fully saturated rings. The van der Waals surface area contributed by atoms with Gasteiger partial charge in [0.1, 0.15) is 23.1 Å². The first kappa shape index (κ1) is 37.5. The number of rotatable bonds is 6. The summed E-state index contributed by atoms with van der Waals surface area (Å²) < 4.78 is 27.3. The molecule has 0 aromatic heterocycles. The minimum absolute atomic E-state index is 0.0650. The van der Waals surface area contributed by atoms with Crippen molar-refractivity contribution in [2.75, 3.05) is 10.6 Å². The summed E-state index contributed by atoms with van der Waals surface area (Å²) >= 11 is 10.3. The maximum atomic E-state index is 13.6. The summed E-state index contributed by atoms with van der Waals surface area (Å²) in [6.45, 7) is 11.5.